The summed E-state index contributed by atoms with van der Waals surface area (Å²) in [7, 11) is 0. The van der Waals surface area contributed by atoms with Gasteiger partial charge in [-0.25, -0.2) is 9.59 Å². The number of aliphatic carboxylic acids is 11. The summed E-state index contributed by atoms with van der Waals surface area (Å²) in [5.74, 6) is -14.3. The molecule has 0 amide bonds. The van der Waals surface area contributed by atoms with Crippen LogP contribution in [0.4, 0.5) is 0 Å². The minimum absolute atomic E-state index is 0. The second-order valence-corrected chi connectivity index (χ2v) is 38.3. The van der Waals surface area contributed by atoms with Crippen molar-refractivity contribution < 1.29 is 165 Å². The van der Waals surface area contributed by atoms with Crippen molar-refractivity contribution in [1.82, 2.24) is 0 Å². The number of carbonyl (C=O) groups excluding carboxylic acids is 9. The maximum absolute atomic E-state index is 10.6. The zero-order valence-corrected chi connectivity index (χ0v) is 103. The first-order valence-corrected chi connectivity index (χ1v) is 54.6. The molecule has 0 rings (SSSR count). The summed E-state index contributed by atoms with van der Waals surface area (Å²) in [6.45, 7) is 23.9. The van der Waals surface area contributed by atoms with Gasteiger partial charge in [0.05, 0.1) is 25.2 Å². The van der Waals surface area contributed by atoms with Gasteiger partial charge in [0.25, 0.3) is 0 Å². The maximum atomic E-state index is 10.6. The number of rotatable bonds is 84. The van der Waals surface area contributed by atoms with E-state index in [1.807, 2.05) is 0 Å². The Bertz CT molecular complexity index is 2750. The third-order valence-electron chi connectivity index (χ3n) is 22.8. The topological polar surface area (TPSA) is 661 Å². The Morgan fingerprint density at radius 1 is 0.253 bits per heavy atom. The molecule has 0 spiro atoms. The molecule has 12 N–H and O–H groups in total. The van der Waals surface area contributed by atoms with Crippen LogP contribution in [0.5, 0.6) is 0 Å². The molecule has 0 saturated heterocycles. The fourth-order valence-electron chi connectivity index (χ4n) is 13.5. The van der Waals surface area contributed by atoms with Gasteiger partial charge in [0.15, 0.2) is 0 Å². The van der Waals surface area contributed by atoms with Crippen LogP contribution in [0.25, 0.3) is 0 Å². The van der Waals surface area contributed by atoms with Crippen LogP contribution in [0, 0.1) is 10.8 Å². The smallest absolute Gasteiger partial charge is 0.876 e. The zero-order chi connectivity index (χ0) is 112. The van der Waals surface area contributed by atoms with Gasteiger partial charge in [0, 0.05) is 52.6 Å². The molecule has 0 unspecified atom stereocenters. The van der Waals surface area contributed by atoms with Gasteiger partial charge < -0.3 is 155 Å². The Hall–Kier alpha value is -2.17. The minimum Gasteiger partial charge on any atom is -0.876 e. The zero-order valence-electron chi connectivity index (χ0n) is 94.3. The number of carbonyl (C=O) groups is 11. The number of carboxylic acids is 11. The van der Waals surface area contributed by atoms with Crippen LogP contribution in [0.3, 0.4) is 0 Å². The molecular formula is C113H214Ca4O33-2. The SMILES string of the molecule is C.C.C=C(C)[O-].CC(=O)[O-].CCCCCCC(C)(C)C(=O)[O-].CCCCCCC(C)(C)C(=O)[O-].CCCCCCCC/C=C\CCCCCCCC(=O)[O-].CCCCCCCC/C=C\CCCCCCCC(=O)[O-].CCCCCCCCCCCCCCCCCC(=O)[O-].CCCCCCCCCCCCCCCCCC(=O)[O-].O=C(O)C(=O)O.O=C([O-])[C@H](O)[C@@H](O)[C@H](O)[C@H](O)CO.O=C([O-])[C@H](O)[C@@H](O)[C@H](O)[C@H](O)CO.[Ca+2].[Ca+2].[Ca+2].[Ca+2]. The number of aliphatic hydroxyl groups is 10. The molecule has 150 heavy (non-hydrogen) atoms. The van der Waals surface area contributed by atoms with Crippen molar-refractivity contribution in [2.24, 2.45) is 10.8 Å². The van der Waals surface area contributed by atoms with E-state index >= 15 is 0 Å². The average Bonchev–Trinajstić information content (AvgIpc) is 0.908. The molecule has 33 nitrogen and oxygen atoms in total. The van der Waals surface area contributed by atoms with Crippen LogP contribution in [0.2, 0.25) is 0 Å². The van der Waals surface area contributed by atoms with E-state index in [4.69, 9.17) is 80.8 Å². The molecular weight excluding hydrogens is 2050 g/mol. The fourth-order valence-corrected chi connectivity index (χ4v) is 13.5. The van der Waals surface area contributed by atoms with Crippen LogP contribution in [-0.4, -0.2) is 340 Å². The first kappa shape index (κ1) is 186. The Morgan fingerprint density at radius 2 is 0.387 bits per heavy atom. The molecule has 0 aromatic carbocycles. The first-order chi connectivity index (χ1) is 68.0. The van der Waals surface area contributed by atoms with Crippen LogP contribution in [0.1, 0.15) is 547 Å². The molecule has 8 atom stereocenters. The van der Waals surface area contributed by atoms with Crippen molar-refractivity contribution in [2.45, 2.75) is 596 Å². The minimum atomic E-state index is -2.31. The average molecular weight is 2260 g/mol. The molecule has 0 radical (unpaired) electrons. The second-order valence-electron chi connectivity index (χ2n) is 38.3. The third kappa shape index (κ3) is 176. The molecule has 0 aromatic rings. The van der Waals surface area contributed by atoms with Gasteiger partial charge in [0.1, 0.15) is 48.8 Å². The van der Waals surface area contributed by atoms with Gasteiger partial charge >= 0.3 is 163 Å². The number of carboxylic acid groups (broad SMARTS) is 11. The van der Waals surface area contributed by atoms with Gasteiger partial charge in [0.2, 0.25) is 0 Å². The molecule has 0 aromatic heterocycles. The van der Waals surface area contributed by atoms with E-state index in [-0.39, 0.29) is 197 Å². The van der Waals surface area contributed by atoms with Gasteiger partial charge in [-0.2, -0.15) is 0 Å². The molecule has 0 aliphatic rings. The summed E-state index contributed by atoms with van der Waals surface area (Å²) in [6, 6.07) is 0. The molecule has 0 fully saturated rings. The van der Waals surface area contributed by atoms with E-state index < -0.39 is 139 Å². The fraction of sp³-hybridized carbons (Fsp3) is 0.850. The third-order valence-corrected chi connectivity index (χ3v) is 22.8. The van der Waals surface area contributed by atoms with E-state index in [2.05, 4.69) is 72.4 Å². The molecule has 0 heterocycles. The van der Waals surface area contributed by atoms with Crippen LogP contribution >= 0.6 is 0 Å². The summed E-state index contributed by atoms with van der Waals surface area (Å²) >= 11 is 0. The summed E-state index contributed by atoms with van der Waals surface area (Å²) in [5, 5.41) is 202. The Kier molecular flexibility index (Phi) is 182. The summed E-state index contributed by atoms with van der Waals surface area (Å²) in [5.41, 5.74) is -1.29. The van der Waals surface area contributed by atoms with Gasteiger partial charge in [-0.1, -0.05) is 449 Å². The maximum Gasteiger partial charge on any atom is 2.00 e. The van der Waals surface area contributed by atoms with Crippen molar-refractivity contribution in [3.8, 4) is 0 Å². The van der Waals surface area contributed by atoms with Gasteiger partial charge in [-0.05, 0) is 122 Å². The molecule has 874 valence electrons. The molecule has 37 heteroatoms. The normalized spacial score (nSPS) is 11.9. The number of hydrogen-bond donors (Lipinski definition) is 12. The Labute approximate surface area is 1030 Å². The monoisotopic (exact) mass is 2260 g/mol. The van der Waals surface area contributed by atoms with Crippen molar-refractivity contribution in [3.63, 3.8) is 0 Å². The van der Waals surface area contributed by atoms with E-state index in [9.17, 15) is 84.3 Å². The predicted octanol–water partition coefficient (Wildman–Crippen LogP) is 10.9. The number of unbranched alkanes of at least 4 members (excludes halogenated alkanes) is 56. The van der Waals surface area contributed by atoms with Crippen molar-refractivity contribution in [3.05, 3.63) is 36.6 Å². The van der Waals surface area contributed by atoms with Crippen molar-refractivity contribution in [2.75, 3.05) is 13.2 Å². The van der Waals surface area contributed by atoms with Gasteiger partial charge in [-0.3, -0.25) is 0 Å². The van der Waals surface area contributed by atoms with Gasteiger partial charge in [-0.15, -0.1) is 12.3 Å². The van der Waals surface area contributed by atoms with Crippen LogP contribution in [0.15, 0.2) is 36.6 Å². The Balaban J connectivity index is -0.0000000882. The predicted molar refractivity (Wildman–Crippen MR) is 583 cm³/mol. The summed E-state index contributed by atoms with van der Waals surface area (Å²) in [6.07, 6.45) is 75.8. The first-order valence-electron chi connectivity index (χ1n) is 54.6. The largest absolute Gasteiger partial charge is 2.00 e. The molecule has 0 aliphatic heterocycles. The molecule has 0 saturated carbocycles. The van der Waals surface area contributed by atoms with Crippen molar-refractivity contribution in [1.29, 1.82) is 0 Å². The van der Waals surface area contributed by atoms with E-state index in [1.165, 1.54) is 328 Å². The quantitative estimate of drug-likeness (QED) is 0.00885. The number of allylic oxidation sites excluding steroid dienone is 5. The van der Waals surface area contributed by atoms with Crippen molar-refractivity contribution >= 4 is 217 Å². The van der Waals surface area contributed by atoms with Crippen LogP contribution in [-0.2, 0) is 52.7 Å². The molecule has 0 bridgehead atoms. The van der Waals surface area contributed by atoms with Crippen LogP contribution < -0.4 is 51.1 Å². The Morgan fingerprint density at radius 3 is 0.507 bits per heavy atom. The molecule has 0 aliphatic carbocycles. The van der Waals surface area contributed by atoms with E-state index in [0.717, 1.165) is 110 Å². The second kappa shape index (κ2) is 147. The van der Waals surface area contributed by atoms with E-state index in [0.29, 0.717) is 0 Å². The number of aliphatic hydroxyl groups excluding tert-OH is 10. The number of hydrogen-bond acceptors (Lipinski definition) is 31. The summed E-state index contributed by atoms with van der Waals surface area (Å²) in [4.78, 5) is 109. The summed E-state index contributed by atoms with van der Waals surface area (Å²) < 4.78 is 0. The standard InChI is InChI=1S/2C18H36O2.2C18H34O2.2C10H20O2.2C6H12O7.C3H6O.C2H2O4.C2H4O2.2CH4.4Ca/c4*1-2-3-4-5-6-7-8-9-10-11-12-13-14-15-16-17-18(19)20;2*1-4-5-6-7-8-10(2,3)9(11)12;2*7-1-2(8)3(9)4(10)5(11)6(12)13;1-3(2)4;3-1(4)2(5)6;1-2(3)4;;;;;;/h2*2-17H2,1H3,(H,19,20);2*9-10H,2-8,11-17H2,1H3,(H,19,20);2*4-8H2,1-3H3,(H,11,12);2*2-5,7-11H,1H2,(H,12,13);4H,1H2,2H3;(H,3,4)(H,5,6);1H3,(H,3,4);2*1H4;;;;/q;;;;;;;;;;;;;4*+2/p-10/b;;2*10-9-;;;;;;;;;;;;;/t;;;;;;2*2-,3-,4+,5-;;;;;;;;;/m......11........./s1. The van der Waals surface area contributed by atoms with E-state index in [1.54, 1.807) is 27.7 Å².